The van der Waals surface area contributed by atoms with E-state index in [9.17, 15) is 13.2 Å². The van der Waals surface area contributed by atoms with Crippen LogP contribution in [-0.4, -0.2) is 63.8 Å². The van der Waals surface area contributed by atoms with Crippen molar-refractivity contribution in [1.82, 2.24) is 4.90 Å². The van der Waals surface area contributed by atoms with Crippen molar-refractivity contribution in [3.8, 4) is 0 Å². The van der Waals surface area contributed by atoms with Crippen LogP contribution in [0.15, 0.2) is 21.4 Å². The highest BCUT2D eigenvalue weighted by Crippen LogP contribution is 2.37. The Labute approximate surface area is 159 Å². The summed E-state index contributed by atoms with van der Waals surface area (Å²) in [5.74, 6) is 0. The first-order valence-electron chi connectivity index (χ1n) is 9.30. The van der Waals surface area contributed by atoms with Gasteiger partial charge in [0.15, 0.2) is 0 Å². The molecule has 0 aromatic carbocycles. The van der Waals surface area contributed by atoms with E-state index in [0.29, 0.717) is 19.6 Å². The lowest BCUT2D eigenvalue weighted by Gasteiger charge is -2.32. The molecule has 0 aliphatic carbocycles. The Morgan fingerprint density at radius 3 is 2.78 bits per heavy atom. The van der Waals surface area contributed by atoms with Gasteiger partial charge in [-0.2, -0.15) is 13.2 Å². The van der Waals surface area contributed by atoms with Crippen LogP contribution in [0.3, 0.4) is 0 Å². The summed E-state index contributed by atoms with van der Waals surface area (Å²) in [4.78, 5) is 8.75. The Bertz CT molecular complexity index is 623. The molecule has 27 heavy (non-hydrogen) atoms. The van der Waals surface area contributed by atoms with E-state index < -0.39 is 25.9 Å². The van der Waals surface area contributed by atoms with E-state index in [-0.39, 0.29) is 31.3 Å². The van der Waals surface area contributed by atoms with Crippen LogP contribution in [-0.2, 0) is 4.74 Å². The van der Waals surface area contributed by atoms with E-state index in [0.717, 1.165) is 12.5 Å². The van der Waals surface area contributed by atoms with Crippen molar-refractivity contribution in [2.24, 2.45) is 10.1 Å². The van der Waals surface area contributed by atoms with Crippen molar-refractivity contribution in [3.63, 3.8) is 0 Å². The number of ether oxygens (including phenoxy) is 1. The zero-order chi connectivity index (χ0) is 20.1. The number of allylic oxidation sites excluding steroid dienone is 1. The van der Waals surface area contributed by atoms with E-state index in [1.807, 2.05) is 0 Å². The summed E-state index contributed by atoms with van der Waals surface area (Å²) >= 11 is 0. The van der Waals surface area contributed by atoms with Crippen LogP contribution in [0, 0.1) is 0 Å². The first-order chi connectivity index (χ1) is 12.6. The minimum atomic E-state index is -4.41. The van der Waals surface area contributed by atoms with Crippen LogP contribution in [0.25, 0.3) is 10.4 Å². The molecule has 0 spiro atoms. The molecule has 0 N–H and O–H groups in total. The van der Waals surface area contributed by atoms with E-state index >= 15 is 0 Å². The van der Waals surface area contributed by atoms with Crippen LogP contribution in [0.1, 0.15) is 19.3 Å². The molecule has 0 aromatic heterocycles. The Hall–Kier alpha value is -1.51. The second-order valence-corrected chi connectivity index (χ2v) is 13.9. The lowest BCUT2D eigenvalue weighted by atomic mass is 10.0. The summed E-state index contributed by atoms with van der Waals surface area (Å²) in [5, 5.41) is 3.54. The van der Waals surface area contributed by atoms with Gasteiger partial charge in [0, 0.05) is 51.4 Å². The first-order valence-corrected chi connectivity index (χ1v) is 13.0. The number of likely N-dealkylation sites (tertiary alicyclic amines) is 1. The molecule has 6 nitrogen and oxygen atoms in total. The topological polar surface area (TPSA) is 73.6 Å². The van der Waals surface area contributed by atoms with Crippen LogP contribution in [0.2, 0.25) is 25.7 Å². The summed E-state index contributed by atoms with van der Waals surface area (Å²) in [6.45, 7) is 8.15. The third-order valence-electron chi connectivity index (χ3n) is 4.85. The Morgan fingerprint density at radius 1 is 1.41 bits per heavy atom. The quantitative estimate of drug-likeness (QED) is 0.192. The second kappa shape index (κ2) is 9.12. The number of hydrogen-bond acceptors (Lipinski definition) is 4. The largest absolute Gasteiger partial charge is 0.414 e. The predicted molar refractivity (Wildman–Crippen MR) is 103 cm³/mol. The van der Waals surface area contributed by atoms with Crippen molar-refractivity contribution in [3.05, 3.63) is 21.7 Å². The molecule has 2 atom stereocenters. The number of hydrogen-bond donors (Lipinski definition) is 0. The van der Waals surface area contributed by atoms with Gasteiger partial charge in [-0.15, -0.1) is 0 Å². The van der Waals surface area contributed by atoms with E-state index in [2.05, 4.69) is 34.7 Å². The maximum absolute atomic E-state index is 13.7. The maximum atomic E-state index is 13.7. The van der Waals surface area contributed by atoms with Gasteiger partial charge in [0.05, 0.1) is 23.9 Å². The lowest BCUT2D eigenvalue weighted by molar-refractivity contribution is -0.0970. The molecule has 10 heteroatoms. The molecule has 1 fully saturated rings. The zero-order valence-electron chi connectivity index (χ0n) is 16.2. The smallest absolute Gasteiger partial charge is 0.380 e. The standard InChI is InChI=1S/C17H28F3N5OSi/c1-27(2,3)8-7-26-12-13-9-15(17(18,19)20)16(11-22-13)25-6-4-5-14(25)10-23-24-21/h11,13-14H,4-10,12H2,1-3H3/t13?,14-/m0/s1. The fourth-order valence-corrected chi connectivity index (χ4v) is 4.09. The number of azide groups is 1. The minimum absolute atomic E-state index is 0.122. The average Bonchev–Trinajstić information content (AvgIpc) is 3.03. The molecular formula is C17H28F3N5OSi. The van der Waals surface area contributed by atoms with Crippen molar-refractivity contribution < 1.29 is 17.9 Å². The Morgan fingerprint density at radius 2 is 2.15 bits per heavy atom. The van der Waals surface area contributed by atoms with Gasteiger partial charge >= 0.3 is 6.18 Å². The molecule has 0 aromatic rings. The molecule has 2 heterocycles. The number of dihydropyridines is 1. The summed E-state index contributed by atoms with van der Waals surface area (Å²) in [5.41, 5.74) is 8.07. The van der Waals surface area contributed by atoms with Gasteiger partial charge in [0.2, 0.25) is 0 Å². The van der Waals surface area contributed by atoms with Crippen LogP contribution >= 0.6 is 0 Å². The molecule has 1 unspecified atom stereocenters. The predicted octanol–water partition coefficient (Wildman–Crippen LogP) is 4.78. The Balaban J connectivity index is 2.06. The minimum Gasteiger partial charge on any atom is -0.380 e. The highest BCUT2D eigenvalue weighted by atomic mass is 28.3. The molecule has 2 aliphatic rings. The highest BCUT2D eigenvalue weighted by molar-refractivity contribution is 6.76. The molecule has 0 bridgehead atoms. The summed E-state index contributed by atoms with van der Waals surface area (Å²) in [6.07, 6.45) is -1.76. The number of alkyl halides is 3. The third-order valence-corrected chi connectivity index (χ3v) is 6.55. The molecule has 1 saturated heterocycles. The molecule has 152 valence electrons. The molecule has 2 aliphatic heterocycles. The lowest BCUT2D eigenvalue weighted by Crippen LogP contribution is -2.37. The van der Waals surface area contributed by atoms with E-state index in [1.54, 1.807) is 4.90 Å². The number of halogens is 3. The van der Waals surface area contributed by atoms with Gasteiger partial charge in [-0.3, -0.25) is 4.99 Å². The molecular weight excluding hydrogens is 375 g/mol. The zero-order valence-corrected chi connectivity index (χ0v) is 17.2. The van der Waals surface area contributed by atoms with Crippen molar-refractivity contribution in [2.75, 3.05) is 26.3 Å². The fourth-order valence-electron chi connectivity index (χ4n) is 3.33. The fraction of sp³-hybridized carbons (Fsp3) is 0.824. The van der Waals surface area contributed by atoms with Crippen molar-refractivity contribution in [2.45, 2.75) is 63.2 Å². The number of rotatable bonds is 8. The SMILES string of the molecule is C[Si](C)(C)CCOCC1CC(C(F)(F)F)=C(N2CCC[C@H]2CN=[N+]=[N-])C=N1. The molecule has 0 radical (unpaired) electrons. The second-order valence-electron chi connectivity index (χ2n) is 8.29. The maximum Gasteiger partial charge on any atom is 0.414 e. The van der Waals surface area contributed by atoms with Gasteiger partial charge in [0.25, 0.3) is 0 Å². The van der Waals surface area contributed by atoms with Gasteiger partial charge < -0.3 is 9.64 Å². The number of aliphatic imine (C=N–C) groups is 1. The number of nitrogens with zero attached hydrogens (tertiary/aromatic N) is 5. The van der Waals surface area contributed by atoms with Gasteiger partial charge in [-0.1, -0.05) is 24.8 Å². The average molecular weight is 404 g/mol. The van der Waals surface area contributed by atoms with Gasteiger partial charge in [0.1, 0.15) is 0 Å². The van der Waals surface area contributed by atoms with Gasteiger partial charge in [-0.05, 0) is 24.4 Å². The van der Waals surface area contributed by atoms with Crippen molar-refractivity contribution in [1.29, 1.82) is 0 Å². The Kier molecular flexibility index (Phi) is 7.36. The highest BCUT2D eigenvalue weighted by Gasteiger charge is 2.41. The summed E-state index contributed by atoms with van der Waals surface area (Å²) < 4.78 is 46.6. The summed E-state index contributed by atoms with van der Waals surface area (Å²) in [6, 6.07) is 0.264. The first kappa shape index (κ1) is 21.8. The van der Waals surface area contributed by atoms with E-state index in [4.69, 9.17) is 10.3 Å². The normalized spacial score (nSPS) is 23.7. The molecule has 0 saturated carbocycles. The van der Waals surface area contributed by atoms with Crippen molar-refractivity contribution >= 4 is 14.3 Å². The molecule has 2 rings (SSSR count). The molecule has 0 amide bonds. The third kappa shape index (κ3) is 6.55. The van der Waals surface area contributed by atoms with Crippen LogP contribution in [0.4, 0.5) is 13.2 Å². The van der Waals surface area contributed by atoms with E-state index in [1.165, 1.54) is 6.21 Å². The van der Waals surface area contributed by atoms with Crippen LogP contribution in [0.5, 0.6) is 0 Å². The monoisotopic (exact) mass is 403 g/mol. The summed E-state index contributed by atoms with van der Waals surface area (Å²) in [7, 11) is -1.23. The van der Waals surface area contributed by atoms with Gasteiger partial charge in [-0.25, -0.2) is 0 Å². The van der Waals surface area contributed by atoms with Crippen LogP contribution < -0.4 is 0 Å².